The number of carbonyl (C=O) groups excluding carboxylic acids is 1. The topological polar surface area (TPSA) is 50.4 Å². The molecule has 1 heterocycles. The number of benzene rings is 1. The second kappa shape index (κ2) is 5.72. The first-order valence-electron chi connectivity index (χ1n) is 6.71. The Morgan fingerprint density at radius 1 is 1.47 bits per heavy atom. The number of hydrogen-bond acceptors (Lipinski definition) is 3. The van der Waals surface area contributed by atoms with Crippen molar-refractivity contribution in [3.8, 4) is 0 Å². The average molecular weight is 262 g/mol. The minimum atomic E-state index is -0.0473. The zero-order valence-electron chi connectivity index (χ0n) is 11.8. The summed E-state index contributed by atoms with van der Waals surface area (Å²) in [4.78, 5) is 11.1. The fraction of sp³-hybridized carbons (Fsp3) is 0.533. The summed E-state index contributed by atoms with van der Waals surface area (Å²) >= 11 is 0. The molecule has 1 aliphatic rings. The van der Waals surface area contributed by atoms with E-state index in [9.17, 15) is 4.79 Å². The summed E-state index contributed by atoms with van der Waals surface area (Å²) in [7, 11) is 0. The summed E-state index contributed by atoms with van der Waals surface area (Å²) in [6.45, 7) is 7.42. The first-order chi connectivity index (χ1) is 8.98. The third-order valence-corrected chi connectivity index (χ3v) is 3.49. The molecule has 1 fully saturated rings. The van der Waals surface area contributed by atoms with Crippen molar-refractivity contribution < 1.29 is 9.53 Å². The Labute approximate surface area is 114 Å². The molecule has 0 spiro atoms. The summed E-state index contributed by atoms with van der Waals surface area (Å²) in [5.74, 6) is -0.0473. The van der Waals surface area contributed by atoms with E-state index in [0.29, 0.717) is 0 Å². The molecule has 0 aliphatic carbocycles. The van der Waals surface area contributed by atoms with E-state index in [4.69, 9.17) is 4.74 Å². The molecule has 1 aliphatic heterocycles. The van der Waals surface area contributed by atoms with Gasteiger partial charge in [0.25, 0.3) is 0 Å². The highest BCUT2D eigenvalue weighted by atomic mass is 16.5. The lowest BCUT2D eigenvalue weighted by atomic mass is 9.98. The van der Waals surface area contributed by atoms with E-state index in [1.54, 1.807) is 0 Å². The summed E-state index contributed by atoms with van der Waals surface area (Å²) in [5.41, 5.74) is 2.05. The van der Waals surface area contributed by atoms with Crippen molar-refractivity contribution in [3.05, 3.63) is 29.8 Å². The van der Waals surface area contributed by atoms with Gasteiger partial charge in [-0.15, -0.1) is 0 Å². The monoisotopic (exact) mass is 262 g/mol. The SMILES string of the molecule is CC(=O)Nc1cccc([C@@H](C)N[C@]2(C)CCOC2)c1. The standard InChI is InChI=1S/C15H22N2O2/c1-11(17-15(3)7-8-19-10-15)13-5-4-6-14(9-13)16-12(2)18/h4-6,9,11,17H,7-8,10H2,1-3H3,(H,16,18)/t11-,15-/m1/s1. The van der Waals surface area contributed by atoms with Crippen molar-refractivity contribution in [1.29, 1.82) is 0 Å². The molecular formula is C15H22N2O2. The third kappa shape index (κ3) is 3.78. The van der Waals surface area contributed by atoms with Gasteiger partial charge in [0.15, 0.2) is 0 Å². The van der Waals surface area contributed by atoms with E-state index in [0.717, 1.165) is 25.3 Å². The van der Waals surface area contributed by atoms with Crippen LogP contribution in [0.4, 0.5) is 5.69 Å². The van der Waals surface area contributed by atoms with Gasteiger partial charge in [-0.05, 0) is 38.0 Å². The Morgan fingerprint density at radius 3 is 2.89 bits per heavy atom. The molecule has 0 aromatic heterocycles. The first kappa shape index (κ1) is 14.0. The summed E-state index contributed by atoms with van der Waals surface area (Å²) < 4.78 is 5.45. The van der Waals surface area contributed by atoms with Crippen LogP contribution in [0.2, 0.25) is 0 Å². The number of anilines is 1. The zero-order chi connectivity index (χ0) is 13.9. The number of carbonyl (C=O) groups is 1. The van der Waals surface area contributed by atoms with Crippen molar-refractivity contribution in [1.82, 2.24) is 5.32 Å². The van der Waals surface area contributed by atoms with E-state index in [-0.39, 0.29) is 17.5 Å². The van der Waals surface area contributed by atoms with Crippen molar-refractivity contribution in [2.75, 3.05) is 18.5 Å². The highest BCUT2D eigenvalue weighted by Crippen LogP contribution is 2.24. The normalized spacial score (nSPS) is 24.2. The molecular weight excluding hydrogens is 240 g/mol. The third-order valence-electron chi connectivity index (χ3n) is 3.49. The molecule has 4 heteroatoms. The lowest BCUT2D eigenvalue weighted by Gasteiger charge is -2.28. The maximum absolute atomic E-state index is 11.1. The minimum absolute atomic E-state index is 0.0451. The van der Waals surface area contributed by atoms with Crippen molar-refractivity contribution >= 4 is 11.6 Å². The molecule has 104 valence electrons. The second-order valence-electron chi connectivity index (χ2n) is 5.54. The van der Waals surface area contributed by atoms with Gasteiger partial charge in [0, 0.05) is 30.8 Å². The van der Waals surface area contributed by atoms with Gasteiger partial charge in [-0.25, -0.2) is 0 Å². The fourth-order valence-electron chi connectivity index (χ4n) is 2.48. The van der Waals surface area contributed by atoms with Gasteiger partial charge in [-0.2, -0.15) is 0 Å². The van der Waals surface area contributed by atoms with E-state index in [1.807, 2.05) is 18.2 Å². The highest BCUT2D eigenvalue weighted by molar-refractivity contribution is 5.88. The largest absolute Gasteiger partial charge is 0.379 e. The van der Waals surface area contributed by atoms with Crippen LogP contribution in [0, 0.1) is 0 Å². The smallest absolute Gasteiger partial charge is 0.221 e. The predicted octanol–water partition coefficient (Wildman–Crippen LogP) is 2.47. The van der Waals surface area contributed by atoms with Gasteiger partial charge < -0.3 is 15.4 Å². The molecule has 4 nitrogen and oxygen atoms in total. The van der Waals surface area contributed by atoms with Crippen molar-refractivity contribution in [2.45, 2.75) is 38.8 Å². The Hall–Kier alpha value is -1.39. The van der Waals surface area contributed by atoms with Crippen LogP contribution >= 0.6 is 0 Å². The van der Waals surface area contributed by atoms with E-state index in [2.05, 4.69) is 30.5 Å². The zero-order valence-corrected chi connectivity index (χ0v) is 11.8. The molecule has 1 aromatic carbocycles. The van der Waals surface area contributed by atoms with Gasteiger partial charge >= 0.3 is 0 Å². The molecule has 0 radical (unpaired) electrons. The van der Waals surface area contributed by atoms with Gasteiger partial charge in [0.2, 0.25) is 5.91 Å². The molecule has 2 atom stereocenters. The van der Waals surface area contributed by atoms with Crippen molar-refractivity contribution in [2.24, 2.45) is 0 Å². The molecule has 2 N–H and O–H groups in total. The van der Waals surface area contributed by atoms with Crippen LogP contribution in [-0.4, -0.2) is 24.7 Å². The minimum Gasteiger partial charge on any atom is -0.379 e. The van der Waals surface area contributed by atoms with Crippen LogP contribution in [0.3, 0.4) is 0 Å². The van der Waals surface area contributed by atoms with Crippen LogP contribution < -0.4 is 10.6 Å². The molecule has 0 saturated carbocycles. The van der Waals surface area contributed by atoms with Crippen LogP contribution in [-0.2, 0) is 9.53 Å². The van der Waals surface area contributed by atoms with Crippen LogP contribution in [0.15, 0.2) is 24.3 Å². The predicted molar refractivity (Wildman–Crippen MR) is 76.1 cm³/mol. The molecule has 0 unspecified atom stereocenters. The lowest BCUT2D eigenvalue weighted by molar-refractivity contribution is -0.114. The van der Waals surface area contributed by atoms with Gasteiger partial charge in [-0.1, -0.05) is 12.1 Å². The number of amides is 1. The summed E-state index contributed by atoms with van der Waals surface area (Å²) in [6, 6.07) is 8.17. The molecule has 0 bridgehead atoms. The Morgan fingerprint density at radius 2 is 2.26 bits per heavy atom. The maximum atomic E-state index is 11.1. The molecule has 1 saturated heterocycles. The average Bonchev–Trinajstić information content (AvgIpc) is 2.75. The molecule has 1 amide bonds. The summed E-state index contributed by atoms with van der Waals surface area (Å²) in [5, 5.41) is 6.43. The Kier molecular flexibility index (Phi) is 4.22. The van der Waals surface area contributed by atoms with Gasteiger partial charge in [0.05, 0.1) is 6.61 Å². The Bertz CT molecular complexity index is 453. The first-order valence-corrected chi connectivity index (χ1v) is 6.71. The van der Waals surface area contributed by atoms with Crippen LogP contribution in [0.5, 0.6) is 0 Å². The maximum Gasteiger partial charge on any atom is 0.221 e. The quantitative estimate of drug-likeness (QED) is 0.876. The van der Waals surface area contributed by atoms with Gasteiger partial charge in [-0.3, -0.25) is 4.79 Å². The molecule has 19 heavy (non-hydrogen) atoms. The summed E-state index contributed by atoms with van der Waals surface area (Å²) in [6.07, 6.45) is 1.03. The number of nitrogens with one attached hydrogen (secondary N) is 2. The van der Waals surface area contributed by atoms with Crippen LogP contribution in [0.1, 0.15) is 38.8 Å². The number of hydrogen-bond donors (Lipinski definition) is 2. The van der Waals surface area contributed by atoms with Crippen molar-refractivity contribution in [3.63, 3.8) is 0 Å². The Balaban J connectivity index is 2.06. The lowest BCUT2D eigenvalue weighted by Crippen LogP contribution is -2.44. The number of ether oxygens (including phenoxy) is 1. The van der Waals surface area contributed by atoms with Gasteiger partial charge in [0.1, 0.15) is 0 Å². The number of rotatable bonds is 4. The second-order valence-corrected chi connectivity index (χ2v) is 5.54. The van der Waals surface area contributed by atoms with Crippen LogP contribution in [0.25, 0.3) is 0 Å². The van der Waals surface area contributed by atoms with E-state index >= 15 is 0 Å². The highest BCUT2D eigenvalue weighted by Gasteiger charge is 2.30. The fourth-order valence-corrected chi connectivity index (χ4v) is 2.48. The molecule has 1 aromatic rings. The van der Waals surface area contributed by atoms with E-state index in [1.165, 1.54) is 12.5 Å². The van der Waals surface area contributed by atoms with E-state index < -0.39 is 0 Å². The molecule has 2 rings (SSSR count).